The van der Waals surface area contributed by atoms with Crippen LogP contribution in [0, 0.1) is 17.0 Å². The van der Waals surface area contributed by atoms with E-state index in [0.29, 0.717) is 19.6 Å². The Morgan fingerprint density at radius 2 is 1.71 bits per heavy atom. The van der Waals surface area contributed by atoms with Crippen LogP contribution in [0.1, 0.15) is 27.9 Å². The van der Waals surface area contributed by atoms with Gasteiger partial charge in [-0.1, -0.05) is 54.6 Å². The number of non-ortho nitro benzene ring substituents is 1. The van der Waals surface area contributed by atoms with Crippen LogP contribution in [-0.4, -0.2) is 49.4 Å². The van der Waals surface area contributed by atoms with E-state index in [0.717, 1.165) is 56.4 Å². The van der Waals surface area contributed by atoms with Gasteiger partial charge in [-0.3, -0.25) is 29.4 Å². The van der Waals surface area contributed by atoms with Crippen molar-refractivity contribution in [1.29, 1.82) is 0 Å². The van der Waals surface area contributed by atoms with Crippen LogP contribution in [0.15, 0.2) is 77.7 Å². The molecule has 1 fully saturated rings. The van der Waals surface area contributed by atoms with Gasteiger partial charge in [-0.05, 0) is 53.9 Å². The summed E-state index contributed by atoms with van der Waals surface area (Å²) in [5.41, 5.74) is 5.87. The second-order valence-corrected chi connectivity index (χ2v) is 11.1. The molecular weight excluding hydrogens is 540 g/mol. The molecule has 0 spiro atoms. The van der Waals surface area contributed by atoms with Crippen molar-refractivity contribution in [3.8, 4) is 0 Å². The number of para-hydroxylation sites is 1. The van der Waals surface area contributed by atoms with Crippen molar-refractivity contribution in [3.05, 3.63) is 116 Å². The first-order valence-electron chi connectivity index (χ1n) is 13.2. The molecule has 9 nitrogen and oxygen atoms in total. The number of aromatic nitrogens is 1. The van der Waals surface area contributed by atoms with Gasteiger partial charge in [0.2, 0.25) is 5.91 Å². The second-order valence-electron chi connectivity index (χ2n) is 10.1. The van der Waals surface area contributed by atoms with E-state index < -0.39 is 16.1 Å². The quantitative estimate of drug-likeness (QED) is 0.173. The Balaban J connectivity index is 1.24. The molecule has 10 heteroatoms. The molecule has 0 bridgehead atoms. The maximum absolute atomic E-state index is 13.4. The molecule has 3 amide bonds. The molecule has 206 valence electrons. The lowest BCUT2D eigenvalue weighted by molar-refractivity contribution is -0.384. The first-order valence-corrected chi connectivity index (χ1v) is 14.0. The molecule has 1 saturated heterocycles. The van der Waals surface area contributed by atoms with E-state index in [4.69, 9.17) is 0 Å². The Hall–Kier alpha value is -4.70. The standard InChI is InChI=1S/C31H26N4O5S/c1-20-26(25-8-4-5-9-27(25)33(20)17-21-10-12-24(13-11-21)35(39)40)16-28-30(37)34(31(38)41-28)19-29(36)32-15-14-22-6-2-3-7-23(22)18-32/h2-13,16H,14-15,17-19H2,1H3/b28-16-. The van der Waals surface area contributed by atoms with Gasteiger partial charge in [0.05, 0.1) is 9.83 Å². The van der Waals surface area contributed by atoms with Crippen molar-refractivity contribution in [1.82, 2.24) is 14.4 Å². The number of benzene rings is 3. The van der Waals surface area contributed by atoms with E-state index >= 15 is 0 Å². The smallest absolute Gasteiger partial charge is 0.294 e. The van der Waals surface area contributed by atoms with Crippen LogP contribution < -0.4 is 0 Å². The van der Waals surface area contributed by atoms with Gasteiger partial charge in [-0.25, -0.2) is 0 Å². The summed E-state index contributed by atoms with van der Waals surface area (Å²) in [5, 5.41) is 11.5. The molecule has 0 N–H and O–H groups in total. The van der Waals surface area contributed by atoms with Gasteiger partial charge in [0, 0.05) is 53.9 Å². The predicted octanol–water partition coefficient (Wildman–Crippen LogP) is 5.53. The fourth-order valence-corrected chi connectivity index (χ4v) is 6.28. The fraction of sp³-hybridized carbons (Fsp3) is 0.194. The highest BCUT2D eigenvalue weighted by molar-refractivity contribution is 8.18. The first-order chi connectivity index (χ1) is 19.8. The Morgan fingerprint density at radius 3 is 2.46 bits per heavy atom. The van der Waals surface area contributed by atoms with Crippen LogP contribution in [0.3, 0.4) is 0 Å². The third kappa shape index (κ3) is 5.02. The summed E-state index contributed by atoms with van der Waals surface area (Å²) in [5.74, 6) is -0.726. The molecule has 4 aromatic rings. The van der Waals surface area contributed by atoms with E-state index in [2.05, 4.69) is 10.6 Å². The van der Waals surface area contributed by atoms with E-state index in [1.165, 1.54) is 17.7 Å². The van der Waals surface area contributed by atoms with Gasteiger partial charge in [0.25, 0.3) is 16.8 Å². The molecule has 0 unspecified atom stereocenters. The summed E-state index contributed by atoms with van der Waals surface area (Å²) in [4.78, 5) is 52.9. The normalized spacial score (nSPS) is 16.1. The lowest BCUT2D eigenvalue weighted by Crippen LogP contribution is -2.44. The first kappa shape index (κ1) is 26.5. The number of fused-ring (bicyclic) bond motifs is 2. The van der Waals surface area contributed by atoms with Crippen molar-refractivity contribution in [2.45, 2.75) is 26.4 Å². The lowest BCUT2D eigenvalue weighted by Gasteiger charge is -2.29. The highest BCUT2D eigenvalue weighted by atomic mass is 32.2. The van der Waals surface area contributed by atoms with Crippen LogP contribution in [0.5, 0.6) is 0 Å². The number of thioether (sulfide) groups is 1. The van der Waals surface area contributed by atoms with Gasteiger partial charge in [-0.2, -0.15) is 0 Å². The Morgan fingerprint density at radius 1 is 1.00 bits per heavy atom. The van der Waals surface area contributed by atoms with Crippen LogP contribution in [0.25, 0.3) is 17.0 Å². The number of nitro benzene ring substituents is 1. The van der Waals surface area contributed by atoms with Crippen LogP contribution in [0.4, 0.5) is 10.5 Å². The van der Waals surface area contributed by atoms with Gasteiger partial charge in [0.1, 0.15) is 6.54 Å². The van der Waals surface area contributed by atoms with E-state index in [1.807, 2.05) is 49.4 Å². The van der Waals surface area contributed by atoms with Crippen LogP contribution >= 0.6 is 11.8 Å². The molecule has 2 aliphatic rings. The molecule has 2 aliphatic heterocycles. The molecule has 41 heavy (non-hydrogen) atoms. The zero-order valence-electron chi connectivity index (χ0n) is 22.3. The number of carbonyl (C=O) groups excluding carboxylic acids is 3. The van der Waals surface area contributed by atoms with Gasteiger partial charge >= 0.3 is 0 Å². The number of nitrogens with zero attached hydrogens (tertiary/aromatic N) is 4. The maximum atomic E-state index is 13.4. The monoisotopic (exact) mass is 566 g/mol. The number of hydrogen-bond acceptors (Lipinski definition) is 6. The average molecular weight is 567 g/mol. The molecule has 0 radical (unpaired) electrons. The summed E-state index contributed by atoms with van der Waals surface area (Å²) in [6, 6.07) is 22.2. The van der Waals surface area contributed by atoms with Crippen molar-refractivity contribution in [3.63, 3.8) is 0 Å². The zero-order valence-corrected chi connectivity index (χ0v) is 23.1. The van der Waals surface area contributed by atoms with Crippen molar-refractivity contribution in [2.24, 2.45) is 0 Å². The summed E-state index contributed by atoms with van der Waals surface area (Å²) >= 11 is 0.843. The van der Waals surface area contributed by atoms with Gasteiger partial charge in [0.15, 0.2) is 0 Å². The molecule has 0 saturated carbocycles. The molecule has 3 aromatic carbocycles. The maximum Gasteiger partial charge on any atom is 0.294 e. The van der Waals surface area contributed by atoms with Gasteiger partial charge in [-0.15, -0.1) is 0 Å². The number of nitro groups is 1. The summed E-state index contributed by atoms with van der Waals surface area (Å²) < 4.78 is 2.09. The highest BCUT2D eigenvalue weighted by Crippen LogP contribution is 2.36. The minimum atomic E-state index is -0.475. The Bertz CT molecular complexity index is 1760. The van der Waals surface area contributed by atoms with E-state index in [-0.39, 0.29) is 23.0 Å². The number of rotatable bonds is 6. The summed E-state index contributed by atoms with van der Waals surface area (Å²) in [6.07, 6.45) is 2.48. The minimum Gasteiger partial charge on any atom is -0.340 e. The lowest BCUT2D eigenvalue weighted by atomic mass is 10.00. The predicted molar refractivity (Wildman–Crippen MR) is 157 cm³/mol. The summed E-state index contributed by atoms with van der Waals surface area (Å²) in [6.45, 7) is 3.15. The molecule has 3 heterocycles. The largest absolute Gasteiger partial charge is 0.340 e. The van der Waals surface area contributed by atoms with Gasteiger partial charge < -0.3 is 9.47 Å². The molecule has 0 atom stereocenters. The Labute approximate surface area is 240 Å². The third-order valence-electron chi connectivity index (χ3n) is 7.69. The zero-order chi connectivity index (χ0) is 28.7. The SMILES string of the molecule is Cc1c(/C=C2\SC(=O)N(CC(=O)N3CCc4ccccc4C3)C2=O)c2ccccc2n1Cc1ccc([N+](=O)[O-])cc1. The van der Waals surface area contributed by atoms with Crippen LogP contribution in [-0.2, 0) is 29.1 Å². The summed E-state index contributed by atoms with van der Waals surface area (Å²) in [7, 11) is 0. The number of hydrogen-bond donors (Lipinski definition) is 0. The number of amides is 3. The molecule has 1 aromatic heterocycles. The molecule has 6 rings (SSSR count). The van der Waals surface area contributed by atoms with Crippen LogP contribution in [0.2, 0.25) is 0 Å². The fourth-order valence-electron chi connectivity index (χ4n) is 5.46. The van der Waals surface area contributed by atoms with Crippen molar-refractivity contribution >= 4 is 51.5 Å². The Kier molecular flexibility index (Phi) is 6.92. The van der Waals surface area contributed by atoms with Crippen molar-refractivity contribution < 1.29 is 19.3 Å². The molecule has 0 aliphatic carbocycles. The third-order valence-corrected chi connectivity index (χ3v) is 8.60. The van der Waals surface area contributed by atoms with E-state index in [9.17, 15) is 24.5 Å². The topological polar surface area (TPSA) is 106 Å². The average Bonchev–Trinajstić information content (AvgIpc) is 3.40. The van der Waals surface area contributed by atoms with E-state index in [1.54, 1.807) is 23.1 Å². The van der Waals surface area contributed by atoms with Crippen molar-refractivity contribution in [2.75, 3.05) is 13.1 Å². The number of imide groups is 1. The number of carbonyl (C=O) groups is 3. The second kappa shape index (κ2) is 10.7. The molecular formula is C31H26N4O5S. The highest BCUT2D eigenvalue weighted by Gasteiger charge is 2.38. The minimum absolute atomic E-state index is 0.0304.